The van der Waals surface area contributed by atoms with Crippen LogP contribution in [0.3, 0.4) is 0 Å². The molecule has 0 saturated carbocycles. The minimum absolute atomic E-state index is 0.0544. The molecule has 5 nitrogen and oxygen atoms in total. The largest absolute Gasteiger partial charge is 0.463 e. The molecule has 0 aliphatic rings. The van der Waals surface area contributed by atoms with Gasteiger partial charge in [0.15, 0.2) is 0 Å². The molecule has 0 heterocycles. The minimum Gasteiger partial charge on any atom is -0.463 e. The topological polar surface area (TPSA) is 64.6 Å². The van der Waals surface area contributed by atoms with Gasteiger partial charge < -0.3 is 14.8 Å². The average Bonchev–Trinajstić information content (AvgIpc) is 2.61. The van der Waals surface area contributed by atoms with Gasteiger partial charge in [0.05, 0.1) is 18.6 Å². The lowest BCUT2D eigenvalue weighted by Crippen LogP contribution is -2.31. The van der Waals surface area contributed by atoms with E-state index in [1.54, 1.807) is 38.1 Å². The van der Waals surface area contributed by atoms with Crippen LogP contribution in [-0.2, 0) is 9.53 Å². The van der Waals surface area contributed by atoms with Crippen LogP contribution in [0.5, 0.6) is 5.75 Å². The number of esters is 1. The van der Waals surface area contributed by atoms with Crippen molar-refractivity contribution in [3.05, 3.63) is 65.7 Å². The van der Waals surface area contributed by atoms with E-state index in [4.69, 9.17) is 4.74 Å². The smallest absolute Gasteiger partial charge is 0.387 e. The lowest BCUT2D eigenvalue weighted by atomic mass is 10.0. The molecule has 1 unspecified atom stereocenters. The predicted octanol–water partition coefficient (Wildman–Crippen LogP) is 4.10. The van der Waals surface area contributed by atoms with Crippen LogP contribution in [0.1, 0.15) is 42.2 Å². The van der Waals surface area contributed by atoms with Crippen LogP contribution in [0.4, 0.5) is 8.78 Å². The number of nitrogens with one attached hydrogen (secondary N) is 1. The maximum Gasteiger partial charge on any atom is 0.387 e. The Kier molecular flexibility index (Phi) is 7.28. The third-order valence-electron chi connectivity index (χ3n) is 3.57. The molecule has 1 N–H and O–H groups in total. The van der Waals surface area contributed by atoms with E-state index in [0.717, 1.165) is 5.56 Å². The van der Waals surface area contributed by atoms with Gasteiger partial charge in [0.2, 0.25) is 0 Å². The van der Waals surface area contributed by atoms with Gasteiger partial charge in [-0.05, 0) is 37.6 Å². The Morgan fingerprint density at radius 3 is 2.37 bits per heavy atom. The summed E-state index contributed by atoms with van der Waals surface area (Å²) in [5.74, 6) is -1.08. The number of hydrogen-bond donors (Lipinski definition) is 1. The van der Waals surface area contributed by atoms with E-state index in [-0.39, 0.29) is 23.8 Å². The van der Waals surface area contributed by atoms with Crippen molar-refractivity contribution in [3.63, 3.8) is 0 Å². The van der Waals surface area contributed by atoms with Crippen molar-refractivity contribution >= 4 is 11.9 Å². The number of carbonyl (C=O) groups is 2. The van der Waals surface area contributed by atoms with Crippen molar-refractivity contribution in [2.45, 2.75) is 39.0 Å². The zero-order valence-corrected chi connectivity index (χ0v) is 15.0. The molecule has 0 radical (unpaired) electrons. The van der Waals surface area contributed by atoms with Gasteiger partial charge in [0.1, 0.15) is 5.75 Å². The fraction of sp³-hybridized carbons (Fsp3) is 0.300. The summed E-state index contributed by atoms with van der Waals surface area (Å²) in [6.07, 6.45) is -0.325. The van der Waals surface area contributed by atoms with Gasteiger partial charge in [-0.1, -0.05) is 36.4 Å². The van der Waals surface area contributed by atoms with Crippen LogP contribution in [0.15, 0.2) is 54.6 Å². The quantitative estimate of drug-likeness (QED) is 0.704. The van der Waals surface area contributed by atoms with Gasteiger partial charge in [0.25, 0.3) is 5.91 Å². The number of benzene rings is 2. The Morgan fingerprint density at radius 2 is 1.74 bits per heavy atom. The maximum absolute atomic E-state index is 12.6. The standard InChI is InChI=1S/C20H21F2NO4/c1-13(2)26-18(24)12-17(14-7-4-3-5-8-14)23-19(25)15-9-6-10-16(11-15)27-20(21)22/h3-11,13,17,20H,12H2,1-2H3,(H,23,25). The molecule has 0 bridgehead atoms. The van der Waals surface area contributed by atoms with E-state index < -0.39 is 24.5 Å². The van der Waals surface area contributed by atoms with E-state index in [9.17, 15) is 18.4 Å². The van der Waals surface area contributed by atoms with Crippen molar-refractivity contribution in [1.29, 1.82) is 0 Å². The first-order chi connectivity index (χ1) is 12.8. The second-order valence-corrected chi connectivity index (χ2v) is 6.09. The first-order valence-electron chi connectivity index (χ1n) is 8.45. The van der Waals surface area contributed by atoms with Crippen LogP contribution in [0.25, 0.3) is 0 Å². The lowest BCUT2D eigenvalue weighted by Gasteiger charge is -2.19. The molecule has 1 amide bonds. The molecule has 2 aromatic carbocycles. The Hall–Kier alpha value is -2.96. The number of hydrogen-bond acceptors (Lipinski definition) is 4. The molecule has 27 heavy (non-hydrogen) atoms. The van der Waals surface area contributed by atoms with Gasteiger partial charge in [-0.15, -0.1) is 0 Å². The zero-order valence-electron chi connectivity index (χ0n) is 15.0. The molecule has 0 aromatic heterocycles. The van der Waals surface area contributed by atoms with Crippen molar-refractivity contribution in [3.8, 4) is 5.75 Å². The monoisotopic (exact) mass is 377 g/mol. The number of alkyl halides is 2. The summed E-state index contributed by atoms with van der Waals surface area (Å²) < 4.78 is 34.2. The summed E-state index contributed by atoms with van der Waals surface area (Å²) in [4.78, 5) is 24.6. The van der Waals surface area contributed by atoms with E-state index in [1.807, 2.05) is 6.07 Å². The molecular formula is C20H21F2NO4. The summed E-state index contributed by atoms with van der Waals surface area (Å²) in [5, 5.41) is 2.75. The predicted molar refractivity (Wildman–Crippen MR) is 95.6 cm³/mol. The third-order valence-corrected chi connectivity index (χ3v) is 3.57. The molecule has 0 saturated heterocycles. The first-order valence-corrected chi connectivity index (χ1v) is 8.45. The molecule has 144 valence electrons. The van der Waals surface area contributed by atoms with Crippen LogP contribution < -0.4 is 10.1 Å². The first kappa shape index (κ1) is 20.4. The van der Waals surface area contributed by atoms with Gasteiger partial charge >= 0.3 is 12.6 Å². The van der Waals surface area contributed by atoms with Gasteiger partial charge in [-0.2, -0.15) is 8.78 Å². The van der Waals surface area contributed by atoms with Crippen molar-refractivity contribution < 1.29 is 27.8 Å². The Bertz CT molecular complexity index is 766. The lowest BCUT2D eigenvalue weighted by molar-refractivity contribution is -0.147. The van der Waals surface area contributed by atoms with Crippen LogP contribution in [0.2, 0.25) is 0 Å². The summed E-state index contributed by atoms with van der Waals surface area (Å²) in [6, 6.07) is 13.8. The molecule has 0 fully saturated rings. The molecule has 1 atom stereocenters. The van der Waals surface area contributed by atoms with Gasteiger partial charge in [-0.3, -0.25) is 9.59 Å². The molecule has 7 heteroatoms. The van der Waals surface area contributed by atoms with Crippen LogP contribution in [-0.4, -0.2) is 24.6 Å². The fourth-order valence-electron chi connectivity index (χ4n) is 2.47. The number of ether oxygens (including phenoxy) is 2. The highest BCUT2D eigenvalue weighted by molar-refractivity contribution is 5.95. The number of rotatable bonds is 8. The highest BCUT2D eigenvalue weighted by Gasteiger charge is 2.21. The van der Waals surface area contributed by atoms with Gasteiger partial charge in [0, 0.05) is 5.56 Å². The molecule has 0 spiro atoms. The highest BCUT2D eigenvalue weighted by atomic mass is 19.3. The Morgan fingerprint density at radius 1 is 1.04 bits per heavy atom. The van der Waals surface area contributed by atoms with Crippen LogP contribution >= 0.6 is 0 Å². The summed E-state index contributed by atoms with van der Waals surface area (Å²) in [7, 11) is 0. The molecule has 0 aliphatic heterocycles. The molecule has 2 rings (SSSR count). The average molecular weight is 377 g/mol. The van der Waals surface area contributed by atoms with E-state index in [0.29, 0.717) is 0 Å². The number of halogens is 2. The molecular weight excluding hydrogens is 356 g/mol. The number of amides is 1. The molecule has 0 aliphatic carbocycles. The third kappa shape index (κ3) is 6.69. The Balaban J connectivity index is 2.16. The van der Waals surface area contributed by atoms with Crippen molar-refractivity contribution in [2.75, 3.05) is 0 Å². The zero-order chi connectivity index (χ0) is 19.8. The second kappa shape index (κ2) is 9.66. The molecule has 2 aromatic rings. The maximum atomic E-state index is 12.6. The summed E-state index contributed by atoms with van der Waals surface area (Å²) >= 11 is 0. The SMILES string of the molecule is CC(C)OC(=O)CC(NC(=O)c1cccc(OC(F)F)c1)c1ccccc1. The second-order valence-electron chi connectivity index (χ2n) is 6.09. The fourth-order valence-corrected chi connectivity index (χ4v) is 2.47. The number of carbonyl (C=O) groups excluding carboxylic acids is 2. The van der Waals surface area contributed by atoms with Crippen LogP contribution in [0, 0.1) is 0 Å². The van der Waals surface area contributed by atoms with Crippen molar-refractivity contribution in [1.82, 2.24) is 5.32 Å². The Labute approximate surface area is 156 Å². The highest BCUT2D eigenvalue weighted by Crippen LogP contribution is 2.20. The summed E-state index contributed by atoms with van der Waals surface area (Å²) in [6.45, 7) is 0.497. The van der Waals surface area contributed by atoms with E-state index >= 15 is 0 Å². The van der Waals surface area contributed by atoms with E-state index in [2.05, 4.69) is 10.1 Å². The van der Waals surface area contributed by atoms with Crippen molar-refractivity contribution in [2.24, 2.45) is 0 Å². The van der Waals surface area contributed by atoms with E-state index in [1.165, 1.54) is 24.3 Å². The van der Waals surface area contributed by atoms with Gasteiger partial charge in [-0.25, -0.2) is 0 Å². The minimum atomic E-state index is -2.98. The normalized spacial score (nSPS) is 11.9. The summed E-state index contributed by atoms with van der Waals surface area (Å²) in [5.41, 5.74) is 0.873.